The van der Waals surface area contributed by atoms with Gasteiger partial charge in [0.05, 0.1) is 11.4 Å². The van der Waals surface area contributed by atoms with Crippen LogP contribution in [0.25, 0.3) is 0 Å². The standard InChI is InChI=1S/C14H18N4S/c1-10(11-7-8-19-9-11)15-17-13-6-5-12(16-18-13)14(2,3)4/h5-9H,1-4H3,(H,17,18). The topological polar surface area (TPSA) is 50.2 Å². The van der Waals surface area contributed by atoms with Crippen molar-refractivity contribution in [3.05, 3.63) is 40.2 Å². The van der Waals surface area contributed by atoms with Gasteiger partial charge < -0.3 is 0 Å². The average molecular weight is 274 g/mol. The molecule has 0 aliphatic rings. The highest BCUT2D eigenvalue weighted by Crippen LogP contribution is 2.19. The second-order valence-electron chi connectivity index (χ2n) is 5.37. The van der Waals surface area contributed by atoms with Gasteiger partial charge in [-0.2, -0.15) is 21.5 Å². The van der Waals surface area contributed by atoms with E-state index in [2.05, 4.69) is 46.9 Å². The van der Waals surface area contributed by atoms with Crippen LogP contribution in [0.5, 0.6) is 0 Å². The summed E-state index contributed by atoms with van der Waals surface area (Å²) in [6, 6.07) is 5.92. The summed E-state index contributed by atoms with van der Waals surface area (Å²) in [6.45, 7) is 8.31. The van der Waals surface area contributed by atoms with Crippen LogP contribution in [0.15, 0.2) is 34.1 Å². The lowest BCUT2D eigenvalue weighted by Crippen LogP contribution is -2.14. The predicted octanol–water partition coefficient (Wildman–Crippen LogP) is 3.67. The molecule has 4 nitrogen and oxygen atoms in total. The summed E-state index contributed by atoms with van der Waals surface area (Å²) < 4.78 is 0. The van der Waals surface area contributed by atoms with Crippen molar-refractivity contribution in [1.29, 1.82) is 0 Å². The van der Waals surface area contributed by atoms with E-state index in [0.29, 0.717) is 5.82 Å². The van der Waals surface area contributed by atoms with E-state index < -0.39 is 0 Å². The van der Waals surface area contributed by atoms with Gasteiger partial charge in [0.2, 0.25) is 0 Å². The highest BCUT2D eigenvalue weighted by atomic mass is 32.1. The van der Waals surface area contributed by atoms with Crippen molar-refractivity contribution in [3.8, 4) is 0 Å². The van der Waals surface area contributed by atoms with Crippen LogP contribution >= 0.6 is 11.3 Å². The van der Waals surface area contributed by atoms with Gasteiger partial charge in [0.1, 0.15) is 0 Å². The summed E-state index contributed by atoms with van der Waals surface area (Å²) in [6.07, 6.45) is 0. The minimum Gasteiger partial charge on any atom is -0.260 e. The molecule has 100 valence electrons. The van der Waals surface area contributed by atoms with Crippen LogP contribution in [0.4, 0.5) is 5.82 Å². The molecule has 0 radical (unpaired) electrons. The van der Waals surface area contributed by atoms with Crippen molar-refractivity contribution < 1.29 is 0 Å². The molecule has 0 aliphatic heterocycles. The molecule has 0 aliphatic carbocycles. The number of anilines is 1. The average Bonchev–Trinajstić information content (AvgIpc) is 2.89. The first-order chi connectivity index (χ1) is 8.97. The molecule has 0 fully saturated rings. The maximum Gasteiger partial charge on any atom is 0.168 e. The van der Waals surface area contributed by atoms with Gasteiger partial charge in [-0.3, -0.25) is 5.43 Å². The maximum absolute atomic E-state index is 4.30. The summed E-state index contributed by atoms with van der Waals surface area (Å²) in [5.74, 6) is 0.655. The van der Waals surface area contributed by atoms with Gasteiger partial charge in [0.15, 0.2) is 5.82 Å². The van der Waals surface area contributed by atoms with Gasteiger partial charge in [-0.1, -0.05) is 20.8 Å². The van der Waals surface area contributed by atoms with E-state index in [1.165, 1.54) is 0 Å². The van der Waals surface area contributed by atoms with Gasteiger partial charge in [0.25, 0.3) is 0 Å². The van der Waals surface area contributed by atoms with Crippen LogP contribution in [0.2, 0.25) is 0 Å². The fraction of sp³-hybridized carbons (Fsp3) is 0.357. The smallest absolute Gasteiger partial charge is 0.168 e. The van der Waals surface area contributed by atoms with Crippen LogP contribution in [0, 0.1) is 0 Å². The number of thiophene rings is 1. The van der Waals surface area contributed by atoms with Crippen molar-refractivity contribution in [2.24, 2.45) is 5.10 Å². The molecule has 2 heterocycles. The number of nitrogens with zero attached hydrogens (tertiary/aromatic N) is 3. The molecule has 0 atom stereocenters. The minimum atomic E-state index is 0.0153. The Morgan fingerprint density at radius 3 is 2.53 bits per heavy atom. The predicted molar refractivity (Wildman–Crippen MR) is 80.9 cm³/mol. The second-order valence-corrected chi connectivity index (χ2v) is 6.15. The lowest BCUT2D eigenvalue weighted by Gasteiger charge is -2.16. The van der Waals surface area contributed by atoms with Crippen molar-refractivity contribution in [1.82, 2.24) is 10.2 Å². The summed E-state index contributed by atoms with van der Waals surface area (Å²) in [5.41, 5.74) is 5.97. The third kappa shape index (κ3) is 3.61. The zero-order valence-electron chi connectivity index (χ0n) is 11.6. The third-order valence-corrected chi connectivity index (χ3v) is 3.39. The Hall–Kier alpha value is -1.75. The van der Waals surface area contributed by atoms with Gasteiger partial charge in [-0.15, -0.1) is 5.10 Å². The quantitative estimate of drug-likeness (QED) is 0.686. The molecule has 1 N–H and O–H groups in total. The SMILES string of the molecule is CC(=NNc1ccc(C(C)(C)C)nn1)c1ccsc1. The largest absolute Gasteiger partial charge is 0.260 e. The molecule has 0 spiro atoms. The number of aromatic nitrogens is 2. The number of hydrazone groups is 1. The number of hydrogen-bond acceptors (Lipinski definition) is 5. The Morgan fingerprint density at radius 2 is 2.00 bits per heavy atom. The molecular formula is C14H18N4S. The van der Waals surface area contributed by atoms with E-state index in [1.807, 2.05) is 30.5 Å². The van der Waals surface area contributed by atoms with Gasteiger partial charge in [0, 0.05) is 11.0 Å². The third-order valence-electron chi connectivity index (χ3n) is 2.71. The molecular weight excluding hydrogens is 256 g/mol. The number of nitrogens with one attached hydrogen (secondary N) is 1. The summed E-state index contributed by atoms with van der Waals surface area (Å²) >= 11 is 1.66. The molecule has 19 heavy (non-hydrogen) atoms. The molecule has 2 rings (SSSR count). The second kappa shape index (κ2) is 5.48. The molecule has 0 unspecified atom stereocenters. The molecule has 0 amide bonds. The van der Waals surface area contributed by atoms with Crippen molar-refractivity contribution in [2.75, 3.05) is 5.43 Å². The van der Waals surface area contributed by atoms with Crippen molar-refractivity contribution in [2.45, 2.75) is 33.1 Å². The van der Waals surface area contributed by atoms with Crippen LogP contribution in [0.3, 0.4) is 0 Å². The van der Waals surface area contributed by atoms with Gasteiger partial charge in [-0.05, 0) is 35.9 Å². The van der Waals surface area contributed by atoms with Gasteiger partial charge >= 0.3 is 0 Å². The van der Waals surface area contributed by atoms with E-state index in [0.717, 1.165) is 17.0 Å². The monoisotopic (exact) mass is 274 g/mol. The highest BCUT2D eigenvalue weighted by Gasteiger charge is 2.15. The Kier molecular flexibility index (Phi) is 3.95. The molecule has 2 aromatic heterocycles. The molecule has 0 aromatic carbocycles. The van der Waals surface area contributed by atoms with E-state index in [1.54, 1.807) is 11.3 Å². The van der Waals surface area contributed by atoms with E-state index >= 15 is 0 Å². The van der Waals surface area contributed by atoms with Crippen molar-refractivity contribution in [3.63, 3.8) is 0 Å². The zero-order chi connectivity index (χ0) is 13.9. The van der Waals surface area contributed by atoms with Crippen LogP contribution in [-0.4, -0.2) is 15.9 Å². The minimum absolute atomic E-state index is 0.0153. The van der Waals surface area contributed by atoms with E-state index in [-0.39, 0.29) is 5.41 Å². The molecule has 2 aromatic rings. The van der Waals surface area contributed by atoms with Crippen molar-refractivity contribution >= 4 is 22.9 Å². The Morgan fingerprint density at radius 1 is 1.21 bits per heavy atom. The number of hydrogen-bond donors (Lipinski definition) is 1. The normalized spacial score (nSPS) is 12.5. The fourth-order valence-electron chi connectivity index (χ4n) is 1.47. The maximum atomic E-state index is 4.30. The Bertz CT molecular complexity index is 550. The summed E-state index contributed by atoms with van der Waals surface area (Å²) in [4.78, 5) is 0. The zero-order valence-corrected chi connectivity index (χ0v) is 12.5. The molecule has 5 heteroatoms. The lowest BCUT2D eigenvalue weighted by atomic mass is 9.92. The Balaban J connectivity index is 2.06. The molecule has 0 bridgehead atoms. The van der Waals surface area contributed by atoms with Crippen LogP contribution in [0.1, 0.15) is 39.0 Å². The first-order valence-corrected chi connectivity index (χ1v) is 7.08. The number of rotatable bonds is 3. The highest BCUT2D eigenvalue weighted by molar-refractivity contribution is 7.08. The molecule has 0 saturated carbocycles. The lowest BCUT2D eigenvalue weighted by molar-refractivity contribution is 0.559. The summed E-state index contributed by atoms with van der Waals surface area (Å²) in [7, 11) is 0. The van der Waals surface area contributed by atoms with Crippen LogP contribution < -0.4 is 5.43 Å². The Labute approximate surface area is 117 Å². The molecule has 0 saturated heterocycles. The van der Waals surface area contributed by atoms with E-state index in [4.69, 9.17) is 0 Å². The first kappa shape index (κ1) is 13.7. The first-order valence-electron chi connectivity index (χ1n) is 6.14. The van der Waals surface area contributed by atoms with Gasteiger partial charge in [-0.25, -0.2) is 0 Å². The summed E-state index contributed by atoms with van der Waals surface area (Å²) in [5, 5.41) is 16.7. The fourth-order valence-corrected chi connectivity index (χ4v) is 2.17. The van der Waals surface area contributed by atoms with Crippen LogP contribution in [-0.2, 0) is 5.41 Å². The van der Waals surface area contributed by atoms with E-state index in [9.17, 15) is 0 Å².